The fourth-order valence-electron chi connectivity index (χ4n) is 5.20. The van der Waals surface area contributed by atoms with Crippen molar-refractivity contribution in [3.05, 3.63) is 83.5 Å². The number of carbonyl (C=O) groups is 1. The number of hydrogen-bond acceptors (Lipinski definition) is 5. The number of piperidine rings is 1. The summed E-state index contributed by atoms with van der Waals surface area (Å²) in [7, 11) is 1.96. The number of halogens is 1. The molecule has 3 aromatic heterocycles. The molecule has 1 aliphatic rings. The van der Waals surface area contributed by atoms with Gasteiger partial charge < -0.3 is 23.9 Å². The third-order valence-corrected chi connectivity index (χ3v) is 8.13. The summed E-state index contributed by atoms with van der Waals surface area (Å²) in [6.45, 7) is 4.01. The number of carbonyl (C=O) groups excluding carboxylic acids is 1. The van der Waals surface area contributed by atoms with Gasteiger partial charge in [0.2, 0.25) is 5.78 Å². The van der Waals surface area contributed by atoms with E-state index in [-0.39, 0.29) is 18.2 Å². The van der Waals surface area contributed by atoms with Crippen LogP contribution in [0.3, 0.4) is 0 Å². The molecule has 0 saturated carbocycles. The normalized spacial score (nSPS) is 14.0. The topological polar surface area (TPSA) is 57.4 Å². The molecule has 1 N–H and O–H groups in total. The van der Waals surface area contributed by atoms with Gasteiger partial charge in [0.1, 0.15) is 18.1 Å². The minimum atomic E-state index is 0. The highest BCUT2D eigenvalue weighted by molar-refractivity contribution is 7.17. The first-order valence-corrected chi connectivity index (χ1v) is 13.8. The number of aromatic nitrogens is 2. The second-order valence-corrected chi connectivity index (χ2v) is 10.6. The van der Waals surface area contributed by atoms with Gasteiger partial charge in [0.05, 0.1) is 29.1 Å². The van der Waals surface area contributed by atoms with Crippen molar-refractivity contribution in [1.29, 1.82) is 0 Å². The van der Waals surface area contributed by atoms with Gasteiger partial charge in [-0.2, -0.15) is 0 Å². The molecule has 0 aliphatic carbocycles. The van der Waals surface area contributed by atoms with Crippen molar-refractivity contribution in [3.63, 3.8) is 0 Å². The summed E-state index contributed by atoms with van der Waals surface area (Å²) in [5.74, 6) is 2.29. The molecule has 0 amide bonds. The Morgan fingerprint density at radius 1 is 1.00 bits per heavy atom. The highest BCUT2D eigenvalue weighted by atomic mass is 35.5. The Labute approximate surface area is 232 Å². The fraction of sp³-hybridized carbons (Fsp3) is 0.300. The van der Waals surface area contributed by atoms with Crippen LogP contribution in [0.25, 0.3) is 21.1 Å². The van der Waals surface area contributed by atoms with Gasteiger partial charge in [-0.25, -0.2) is 0 Å². The number of hydrogen-bond donors (Lipinski definition) is 1. The van der Waals surface area contributed by atoms with E-state index in [1.165, 1.54) is 0 Å². The molecule has 2 aromatic carbocycles. The lowest BCUT2D eigenvalue weighted by molar-refractivity contribution is 0.103. The van der Waals surface area contributed by atoms with Crippen molar-refractivity contribution in [2.45, 2.75) is 19.4 Å². The lowest BCUT2D eigenvalue weighted by atomic mass is 9.99. The van der Waals surface area contributed by atoms with E-state index in [0.29, 0.717) is 24.8 Å². The van der Waals surface area contributed by atoms with Gasteiger partial charge in [0.25, 0.3) is 0 Å². The number of benzene rings is 2. The van der Waals surface area contributed by atoms with Crippen LogP contribution in [0.5, 0.6) is 11.5 Å². The monoisotopic (exact) mass is 549 g/mol. The molecule has 1 fully saturated rings. The van der Waals surface area contributed by atoms with Crippen molar-refractivity contribution < 1.29 is 14.3 Å². The minimum absolute atomic E-state index is 0. The second kappa shape index (κ2) is 11.6. The molecular weight excluding hydrogens is 518 g/mol. The molecule has 4 heterocycles. The number of nitrogens with zero attached hydrogens (tertiary/aromatic N) is 2. The SMILES string of the molecule is Cl.Cn1c(C(=O)c2cn(CCOc3cccc(OCC4CCNCC4)c3)c3ccccc23)cc2sccc21. The zero-order valence-corrected chi connectivity index (χ0v) is 23.0. The lowest BCUT2D eigenvalue weighted by Crippen LogP contribution is -2.30. The summed E-state index contributed by atoms with van der Waals surface area (Å²) in [5.41, 5.74) is 3.55. The Bertz CT molecular complexity index is 1550. The van der Waals surface area contributed by atoms with Gasteiger partial charge >= 0.3 is 0 Å². The standard InChI is InChI=1S/C30H31N3O3S.ClH/c1-32-27-11-16-37-29(27)18-28(32)30(34)25-19-33(26-8-3-2-7-24(25)26)14-15-35-22-5-4-6-23(17-22)36-20-21-9-12-31-13-10-21;/h2-8,11,16-19,21,31H,9-10,12-15,20H2,1H3;1H. The first-order valence-electron chi connectivity index (χ1n) is 12.9. The van der Waals surface area contributed by atoms with Gasteiger partial charge in [-0.3, -0.25) is 4.79 Å². The third-order valence-electron chi connectivity index (χ3n) is 7.28. The molecule has 198 valence electrons. The van der Waals surface area contributed by atoms with E-state index in [0.717, 1.165) is 70.7 Å². The molecule has 6 rings (SSSR count). The number of para-hydroxylation sites is 1. The highest BCUT2D eigenvalue weighted by Gasteiger charge is 2.21. The number of nitrogens with one attached hydrogen (secondary N) is 1. The van der Waals surface area contributed by atoms with Crippen molar-refractivity contribution >= 4 is 50.6 Å². The zero-order valence-electron chi connectivity index (χ0n) is 21.4. The van der Waals surface area contributed by atoms with Gasteiger partial charge in [-0.1, -0.05) is 24.3 Å². The molecular formula is C30H32ClN3O3S. The first-order chi connectivity index (χ1) is 18.2. The van der Waals surface area contributed by atoms with Crippen LogP contribution in [0.2, 0.25) is 0 Å². The van der Waals surface area contributed by atoms with Crippen LogP contribution in [0.1, 0.15) is 28.9 Å². The van der Waals surface area contributed by atoms with Crippen LogP contribution in [0.4, 0.5) is 0 Å². The largest absolute Gasteiger partial charge is 0.493 e. The summed E-state index contributed by atoms with van der Waals surface area (Å²) < 4.78 is 17.4. The minimum Gasteiger partial charge on any atom is -0.493 e. The number of aryl methyl sites for hydroxylation is 1. The maximum absolute atomic E-state index is 13.6. The van der Waals surface area contributed by atoms with Gasteiger partial charge in [-0.15, -0.1) is 23.7 Å². The molecule has 6 nitrogen and oxygen atoms in total. The highest BCUT2D eigenvalue weighted by Crippen LogP contribution is 2.29. The molecule has 0 spiro atoms. The predicted molar refractivity (Wildman–Crippen MR) is 156 cm³/mol. The molecule has 1 saturated heterocycles. The van der Waals surface area contributed by atoms with E-state index < -0.39 is 0 Å². The Morgan fingerprint density at radius 3 is 2.61 bits per heavy atom. The Hall–Kier alpha value is -3.26. The van der Waals surface area contributed by atoms with Crippen LogP contribution in [-0.4, -0.2) is 41.2 Å². The maximum atomic E-state index is 13.6. The van der Waals surface area contributed by atoms with Crippen LogP contribution >= 0.6 is 23.7 Å². The number of rotatable bonds is 9. The van der Waals surface area contributed by atoms with Crippen molar-refractivity contribution in [1.82, 2.24) is 14.5 Å². The fourth-order valence-corrected chi connectivity index (χ4v) is 6.05. The third kappa shape index (κ3) is 5.32. The van der Waals surface area contributed by atoms with Crippen LogP contribution in [0.15, 0.2) is 72.2 Å². The lowest BCUT2D eigenvalue weighted by Gasteiger charge is -2.22. The van der Waals surface area contributed by atoms with Crippen molar-refractivity contribution in [3.8, 4) is 11.5 Å². The molecule has 0 bridgehead atoms. The van der Waals surface area contributed by atoms with E-state index in [9.17, 15) is 4.79 Å². The van der Waals surface area contributed by atoms with Crippen molar-refractivity contribution in [2.24, 2.45) is 13.0 Å². The number of fused-ring (bicyclic) bond motifs is 2. The number of thiophene rings is 1. The molecule has 8 heteroatoms. The van der Waals surface area contributed by atoms with Crippen molar-refractivity contribution in [2.75, 3.05) is 26.3 Å². The predicted octanol–water partition coefficient (Wildman–Crippen LogP) is 6.30. The molecule has 38 heavy (non-hydrogen) atoms. The Balaban J connectivity index is 0.00000294. The molecule has 0 unspecified atom stereocenters. The van der Waals surface area contributed by atoms with Gasteiger partial charge in [0.15, 0.2) is 0 Å². The second-order valence-electron chi connectivity index (χ2n) is 9.67. The van der Waals surface area contributed by atoms with Crippen LogP contribution in [0, 0.1) is 5.92 Å². The van der Waals surface area contributed by atoms with E-state index in [1.54, 1.807) is 11.3 Å². The van der Waals surface area contributed by atoms with Crippen LogP contribution < -0.4 is 14.8 Å². The maximum Gasteiger partial charge on any atom is 0.211 e. The first kappa shape index (κ1) is 26.4. The van der Waals surface area contributed by atoms with E-state index >= 15 is 0 Å². The summed E-state index contributed by atoms with van der Waals surface area (Å²) in [6, 6.07) is 20.0. The molecule has 0 radical (unpaired) electrons. The van der Waals surface area contributed by atoms with E-state index in [1.807, 2.05) is 66.3 Å². The molecule has 1 aliphatic heterocycles. The quantitative estimate of drug-likeness (QED) is 0.219. The average molecular weight is 550 g/mol. The summed E-state index contributed by atoms with van der Waals surface area (Å²) in [5, 5.41) is 6.42. The summed E-state index contributed by atoms with van der Waals surface area (Å²) >= 11 is 1.66. The number of ether oxygens (including phenoxy) is 2. The Morgan fingerprint density at radius 2 is 1.79 bits per heavy atom. The van der Waals surface area contributed by atoms with E-state index in [2.05, 4.69) is 27.4 Å². The summed E-state index contributed by atoms with van der Waals surface area (Å²) in [6.07, 6.45) is 4.29. The van der Waals surface area contributed by atoms with Crippen LogP contribution in [-0.2, 0) is 13.6 Å². The van der Waals surface area contributed by atoms with Gasteiger partial charge in [0, 0.05) is 35.8 Å². The average Bonchev–Trinajstić information content (AvgIpc) is 3.63. The molecule has 5 aromatic rings. The van der Waals surface area contributed by atoms with E-state index in [4.69, 9.17) is 9.47 Å². The number of ketones is 1. The zero-order chi connectivity index (χ0) is 25.2. The molecule has 0 atom stereocenters. The smallest absolute Gasteiger partial charge is 0.211 e. The van der Waals surface area contributed by atoms with Gasteiger partial charge in [-0.05, 0) is 67.6 Å². The Kier molecular flexibility index (Phi) is 8.07. The summed E-state index contributed by atoms with van der Waals surface area (Å²) in [4.78, 5) is 13.6.